The molecular formula is C25H47N5O13. The summed E-state index contributed by atoms with van der Waals surface area (Å²) >= 11 is 0. The van der Waals surface area contributed by atoms with Crippen LogP contribution < -0.4 is 27.4 Å². The fourth-order valence-electron chi connectivity index (χ4n) is 5.96. The fraction of sp³-hybridized carbons (Fsp3) is 0.960. The number of carbonyl (C=O) groups excluding carboxylic acids is 1. The quantitative estimate of drug-likeness (QED) is 0.0948. The van der Waals surface area contributed by atoms with Gasteiger partial charge in [-0.2, -0.15) is 0 Å². The first kappa shape index (κ1) is 34.7. The first-order valence-electron chi connectivity index (χ1n) is 14.4. The van der Waals surface area contributed by atoms with Crippen molar-refractivity contribution in [3.05, 3.63) is 0 Å². The number of ether oxygens (including phenoxy) is 4. The van der Waals surface area contributed by atoms with Gasteiger partial charge in [0.15, 0.2) is 18.2 Å². The van der Waals surface area contributed by atoms with Crippen LogP contribution in [0.15, 0.2) is 0 Å². The lowest BCUT2D eigenvalue weighted by Crippen LogP contribution is -2.70. The molecule has 0 aromatic heterocycles. The Labute approximate surface area is 248 Å². The molecule has 2 aliphatic carbocycles. The summed E-state index contributed by atoms with van der Waals surface area (Å²) in [4.78, 5) is 12.9. The summed E-state index contributed by atoms with van der Waals surface area (Å²) in [5.41, 5.74) is 8.80. The Morgan fingerprint density at radius 3 is 2.23 bits per heavy atom. The molecule has 2 saturated carbocycles. The number of nitrogens with two attached hydrogens (primary N) is 2. The summed E-state index contributed by atoms with van der Waals surface area (Å²) in [6, 6.07) is -3.73. The summed E-state index contributed by atoms with van der Waals surface area (Å²) in [6.07, 6.45) is -14.8. The van der Waals surface area contributed by atoms with Gasteiger partial charge in [0.1, 0.15) is 54.4 Å². The Kier molecular flexibility index (Phi) is 11.0. The first-order chi connectivity index (χ1) is 20.2. The van der Waals surface area contributed by atoms with Crippen LogP contribution in [0.3, 0.4) is 0 Å². The van der Waals surface area contributed by atoms with Gasteiger partial charge in [-0.15, -0.1) is 0 Å². The molecule has 0 aromatic carbocycles. The van der Waals surface area contributed by atoms with E-state index in [2.05, 4.69) is 16.0 Å². The van der Waals surface area contributed by atoms with Crippen LogP contribution in [-0.2, 0) is 23.7 Å². The Hall–Kier alpha value is -1.17. The topological polar surface area (TPSA) is 304 Å². The van der Waals surface area contributed by atoms with Gasteiger partial charge in [-0.3, -0.25) is 4.79 Å². The standard InChI is InChI=1S/C25H47N5O13/c1-24(38)8-40-21(17(36)20(24)28-2)43-19-10(30-23(37)25(39)6-12(25)27)5-9(26)18(16(19)35)42-22-15(34)14(33)13(32)11(41-22)7-29-3-4-31/h9-22,28-29,31-36,38-39H,3-8,26-27H2,1-2H3,(H,30,37)/t9-,10+,11+,12?,13+,14-,15+,16-,17+,18?,19-,20+,21+,22+,24-,25?/m0/s1. The second-order valence-corrected chi connectivity index (χ2v) is 12.1. The molecule has 3 unspecified atom stereocenters. The van der Waals surface area contributed by atoms with Crippen LogP contribution in [0, 0.1) is 0 Å². The van der Waals surface area contributed by atoms with E-state index in [1.54, 1.807) is 0 Å². The minimum atomic E-state index is -1.81. The molecule has 4 fully saturated rings. The number of carbonyl (C=O) groups is 1. The maximum Gasteiger partial charge on any atom is 0.253 e. The third kappa shape index (κ3) is 7.14. The molecule has 18 nitrogen and oxygen atoms in total. The largest absolute Gasteiger partial charge is 0.395 e. The molecule has 0 bridgehead atoms. The predicted molar refractivity (Wildman–Crippen MR) is 144 cm³/mol. The van der Waals surface area contributed by atoms with Crippen LogP contribution in [-0.4, -0.2) is 177 Å². The SMILES string of the molecule is CN[C@@H]1[C@@H](O)[C@@H](O[C@H]2[C@H](NC(=O)C3(O)CC3N)C[C@H](N)C(O[C@H]3O[C@H](CNCCO)[C@@H](O)[C@H](O)[C@H]3O)[C@@H]2O)OC[C@]1(C)O. The van der Waals surface area contributed by atoms with Crippen molar-refractivity contribution < 1.29 is 64.6 Å². The number of nitrogens with one attached hydrogen (secondary N) is 3. The average Bonchev–Trinajstić information content (AvgIpc) is 3.57. The van der Waals surface area contributed by atoms with Crippen LogP contribution in [0.25, 0.3) is 0 Å². The molecule has 43 heavy (non-hydrogen) atoms. The lowest BCUT2D eigenvalue weighted by molar-refractivity contribution is -0.330. The molecule has 1 amide bonds. The highest BCUT2D eigenvalue weighted by Crippen LogP contribution is 2.36. The van der Waals surface area contributed by atoms with Crippen LogP contribution in [0.4, 0.5) is 0 Å². The lowest BCUT2D eigenvalue weighted by Gasteiger charge is -2.49. The van der Waals surface area contributed by atoms with E-state index in [1.165, 1.54) is 14.0 Å². The predicted octanol–water partition coefficient (Wildman–Crippen LogP) is -7.76. The van der Waals surface area contributed by atoms with Gasteiger partial charge in [0, 0.05) is 31.6 Å². The summed E-state index contributed by atoms with van der Waals surface area (Å²) in [7, 11) is 1.53. The van der Waals surface area contributed by atoms with E-state index < -0.39 is 103 Å². The molecule has 2 aliphatic heterocycles. The van der Waals surface area contributed by atoms with E-state index in [0.29, 0.717) is 0 Å². The summed E-state index contributed by atoms with van der Waals surface area (Å²) in [5, 5.41) is 92.1. The molecule has 0 radical (unpaired) electrons. The highest BCUT2D eigenvalue weighted by molar-refractivity contribution is 5.89. The Bertz CT molecular complexity index is 953. The van der Waals surface area contributed by atoms with E-state index in [-0.39, 0.29) is 39.1 Å². The van der Waals surface area contributed by atoms with Gasteiger partial charge in [0.25, 0.3) is 5.91 Å². The number of amides is 1. The highest BCUT2D eigenvalue weighted by Gasteiger charge is 2.59. The number of rotatable bonds is 11. The van der Waals surface area contributed by atoms with Crippen molar-refractivity contribution in [1.82, 2.24) is 16.0 Å². The molecule has 18 heteroatoms. The van der Waals surface area contributed by atoms with Gasteiger partial charge in [0.2, 0.25) is 0 Å². The number of aliphatic hydroxyl groups is 8. The zero-order chi connectivity index (χ0) is 31.9. The molecule has 16 atom stereocenters. The summed E-state index contributed by atoms with van der Waals surface area (Å²) in [6.45, 7) is 1.19. The van der Waals surface area contributed by atoms with E-state index in [4.69, 9.17) is 35.5 Å². The van der Waals surface area contributed by atoms with Crippen molar-refractivity contribution in [2.24, 2.45) is 11.5 Å². The van der Waals surface area contributed by atoms with Crippen LogP contribution in [0.1, 0.15) is 19.8 Å². The number of aliphatic hydroxyl groups excluding tert-OH is 6. The normalized spacial score (nSPS) is 50.3. The van der Waals surface area contributed by atoms with Gasteiger partial charge < -0.3 is 87.2 Å². The Morgan fingerprint density at radius 2 is 1.63 bits per heavy atom. The molecule has 2 saturated heterocycles. The van der Waals surface area contributed by atoms with Crippen molar-refractivity contribution in [2.75, 3.05) is 33.4 Å². The third-order valence-corrected chi connectivity index (χ3v) is 8.74. The minimum absolute atomic E-state index is 0.0111. The zero-order valence-electron chi connectivity index (χ0n) is 24.1. The Morgan fingerprint density at radius 1 is 0.977 bits per heavy atom. The van der Waals surface area contributed by atoms with Gasteiger partial charge in [0.05, 0.1) is 25.3 Å². The van der Waals surface area contributed by atoms with E-state index in [9.17, 15) is 40.5 Å². The monoisotopic (exact) mass is 625 g/mol. The average molecular weight is 626 g/mol. The number of hydrogen-bond acceptors (Lipinski definition) is 17. The van der Waals surface area contributed by atoms with Crippen LogP contribution in [0.2, 0.25) is 0 Å². The van der Waals surface area contributed by atoms with Crippen molar-refractivity contribution in [3.63, 3.8) is 0 Å². The van der Waals surface area contributed by atoms with Gasteiger partial charge in [-0.25, -0.2) is 0 Å². The number of likely N-dealkylation sites (N-methyl/N-ethyl adjacent to an activating group) is 1. The maximum atomic E-state index is 12.9. The smallest absolute Gasteiger partial charge is 0.253 e. The van der Waals surface area contributed by atoms with Gasteiger partial charge in [-0.1, -0.05) is 0 Å². The summed E-state index contributed by atoms with van der Waals surface area (Å²) in [5.74, 6) is -0.806. The Balaban J connectivity index is 1.54. The lowest BCUT2D eigenvalue weighted by atomic mass is 9.83. The highest BCUT2D eigenvalue weighted by atomic mass is 16.7. The minimum Gasteiger partial charge on any atom is -0.395 e. The fourth-order valence-corrected chi connectivity index (χ4v) is 5.96. The van der Waals surface area contributed by atoms with Gasteiger partial charge >= 0.3 is 0 Å². The number of hydrogen-bond donors (Lipinski definition) is 13. The van der Waals surface area contributed by atoms with Crippen LogP contribution in [0.5, 0.6) is 0 Å². The van der Waals surface area contributed by atoms with E-state index in [0.717, 1.165) is 0 Å². The van der Waals surface area contributed by atoms with Crippen LogP contribution >= 0.6 is 0 Å². The second-order valence-electron chi connectivity index (χ2n) is 12.1. The molecular weight excluding hydrogens is 578 g/mol. The molecule has 0 spiro atoms. The van der Waals surface area contributed by atoms with Crippen molar-refractivity contribution in [2.45, 2.75) is 117 Å². The van der Waals surface area contributed by atoms with Gasteiger partial charge in [-0.05, 0) is 20.4 Å². The summed E-state index contributed by atoms with van der Waals surface area (Å²) < 4.78 is 23.2. The zero-order valence-corrected chi connectivity index (χ0v) is 24.1. The molecule has 2 heterocycles. The van der Waals surface area contributed by atoms with E-state index >= 15 is 0 Å². The molecule has 0 aromatic rings. The van der Waals surface area contributed by atoms with Crippen molar-refractivity contribution in [3.8, 4) is 0 Å². The third-order valence-electron chi connectivity index (χ3n) is 8.74. The molecule has 250 valence electrons. The maximum absolute atomic E-state index is 12.9. The second kappa shape index (κ2) is 13.7. The first-order valence-corrected chi connectivity index (χ1v) is 14.4. The van der Waals surface area contributed by atoms with Crippen molar-refractivity contribution in [1.29, 1.82) is 0 Å². The molecule has 15 N–H and O–H groups in total. The molecule has 4 rings (SSSR count). The van der Waals surface area contributed by atoms with E-state index in [1.807, 2.05) is 0 Å². The van der Waals surface area contributed by atoms with Crippen molar-refractivity contribution >= 4 is 5.91 Å². The molecule has 4 aliphatic rings.